The maximum atomic E-state index is 14.4. The second-order valence-corrected chi connectivity index (χ2v) is 14.8. The van der Waals surface area contributed by atoms with Gasteiger partial charge < -0.3 is 9.84 Å². The maximum Gasteiger partial charge on any atom is 0.312 e. The maximum absolute atomic E-state index is 14.4. The zero-order valence-electron chi connectivity index (χ0n) is 24.1. The molecule has 0 saturated heterocycles. The number of nitriles is 1. The average Bonchev–Trinajstić information content (AvgIpc) is 2.86. The standard InChI is InChI=1S/C32H43NO5/c1-27(2)10-12-32(26(37)38-7)13-11-31(6)24(20(32)16-27)21(35)14-23-28(3)15-19(17-33)25(36)29(4,18-34)22(28)8-9-30(23,31)5/h14-15,20,22,24,34H,8-13,16,18H2,1-7H3/t20-,22+,24-,28-,29-,30+,31+,32-/m0/s1. The lowest BCUT2D eigenvalue weighted by molar-refractivity contribution is -0.191. The zero-order valence-corrected chi connectivity index (χ0v) is 24.1. The Balaban J connectivity index is 1.71. The fourth-order valence-electron chi connectivity index (χ4n) is 10.2. The van der Waals surface area contributed by atoms with E-state index < -0.39 is 16.2 Å². The number of nitrogens with zero attached hydrogens (tertiary/aromatic N) is 1. The van der Waals surface area contributed by atoms with Gasteiger partial charge in [0.1, 0.15) is 6.07 Å². The molecule has 8 atom stereocenters. The van der Waals surface area contributed by atoms with Crippen molar-refractivity contribution in [3.05, 3.63) is 23.3 Å². The fraction of sp³-hybridized carbons (Fsp3) is 0.750. The van der Waals surface area contributed by atoms with Crippen molar-refractivity contribution in [3.8, 4) is 6.07 Å². The van der Waals surface area contributed by atoms with Crippen LogP contribution in [0.15, 0.2) is 23.3 Å². The van der Waals surface area contributed by atoms with Crippen LogP contribution in [-0.2, 0) is 19.1 Å². The molecule has 6 heteroatoms. The minimum absolute atomic E-state index is 0.0341. The summed E-state index contributed by atoms with van der Waals surface area (Å²) in [6.45, 7) is 12.5. The van der Waals surface area contributed by atoms with Gasteiger partial charge in [-0.1, -0.05) is 46.3 Å². The summed E-state index contributed by atoms with van der Waals surface area (Å²) in [6, 6.07) is 2.09. The first-order valence-electron chi connectivity index (χ1n) is 14.2. The number of allylic oxidation sites excluding steroid dienone is 4. The third-order valence-electron chi connectivity index (χ3n) is 12.6. The van der Waals surface area contributed by atoms with E-state index in [2.05, 4.69) is 40.7 Å². The van der Waals surface area contributed by atoms with E-state index in [9.17, 15) is 24.8 Å². The van der Waals surface area contributed by atoms with Crippen molar-refractivity contribution in [2.24, 2.45) is 50.2 Å². The number of aliphatic hydroxyl groups is 1. The predicted molar refractivity (Wildman–Crippen MR) is 142 cm³/mol. The van der Waals surface area contributed by atoms with Crippen LogP contribution in [0.5, 0.6) is 0 Å². The number of hydrogen-bond donors (Lipinski definition) is 1. The van der Waals surface area contributed by atoms with Crippen LogP contribution in [0.3, 0.4) is 0 Å². The van der Waals surface area contributed by atoms with E-state index in [1.54, 1.807) is 13.0 Å². The van der Waals surface area contributed by atoms with E-state index in [4.69, 9.17) is 4.74 Å². The Bertz CT molecular complexity index is 1220. The van der Waals surface area contributed by atoms with Crippen LogP contribution in [0.4, 0.5) is 0 Å². The summed E-state index contributed by atoms with van der Waals surface area (Å²) in [5, 5.41) is 20.3. The first-order valence-corrected chi connectivity index (χ1v) is 14.2. The number of carbonyl (C=O) groups excluding carboxylic acids is 3. The average molecular weight is 522 g/mol. The van der Waals surface area contributed by atoms with E-state index >= 15 is 0 Å². The molecule has 0 aromatic rings. The minimum atomic E-state index is -1.07. The van der Waals surface area contributed by atoms with Crippen LogP contribution in [0, 0.1) is 61.6 Å². The van der Waals surface area contributed by atoms with Gasteiger partial charge in [-0.2, -0.15) is 5.26 Å². The largest absolute Gasteiger partial charge is 0.469 e. The molecule has 0 aromatic carbocycles. The van der Waals surface area contributed by atoms with E-state index in [1.165, 1.54) is 7.11 Å². The number of carbonyl (C=O) groups is 3. The van der Waals surface area contributed by atoms with E-state index in [0.29, 0.717) is 6.42 Å². The van der Waals surface area contributed by atoms with Gasteiger partial charge in [-0.25, -0.2) is 0 Å². The molecular weight excluding hydrogens is 478 g/mol. The van der Waals surface area contributed by atoms with Gasteiger partial charge in [0.15, 0.2) is 11.6 Å². The molecule has 5 aliphatic rings. The quantitative estimate of drug-likeness (QED) is 0.491. The predicted octanol–water partition coefficient (Wildman–Crippen LogP) is 5.35. The Morgan fingerprint density at radius 3 is 2.34 bits per heavy atom. The van der Waals surface area contributed by atoms with Crippen molar-refractivity contribution < 1.29 is 24.2 Å². The molecule has 3 fully saturated rings. The van der Waals surface area contributed by atoms with Crippen molar-refractivity contribution in [2.45, 2.75) is 86.5 Å². The Hall–Kier alpha value is -2.26. The Labute approximate surface area is 226 Å². The molecule has 1 N–H and O–H groups in total. The summed E-state index contributed by atoms with van der Waals surface area (Å²) in [6.07, 6.45) is 9.07. The SMILES string of the molecule is COC(=O)[C@]12CCC(C)(C)C[C@H]1[C@H]1C(=O)C=C3[C@@]4(C)C=C(C#N)C(=O)[C@@](C)(CO)[C@@H]4CC[C@@]3(C)[C@]1(C)CC2. The topological polar surface area (TPSA) is 104 Å². The van der Waals surface area contributed by atoms with Gasteiger partial charge in [-0.3, -0.25) is 14.4 Å². The third-order valence-corrected chi connectivity index (χ3v) is 12.6. The van der Waals surface area contributed by atoms with Gasteiger partial charge >= 0.3 is 5.97 Å². The van der Waals surface area contributed by atoms with E-state index in [1.807, 2.05) is 6.08 Å². The molecule has 206 valence electrons. The normalized spacial score (nSPS) is 47.3. The smallest absolute Gasteiger partial charge is 0.312 e. The second kappa shape index (κ2) is 8.13. The molecule has 0 amide bonds. The number of fused-ring (bicyclic) bond motifs is 7. The highest BCUT2D eigenvalue weighted by atomic mass is 16.5. The monoisotopic (exact) mass is 521 g/mol. The lowest BCUT2D eigenvalue weighted by atomic mass is 9.34. The molecule has 0 spiro atoms. The summed E-state index contributed by atoms with van der Waals surface area (Å²) in [5.41, 5.74) is -2.03. The minimum Gasteiger partial charge on any atom is -0.469 e. The van der Waals surface area contributed by atoms with Crippen molar-refractivity contribution in [2.75, 3.05) is 13.7 Å². The van der Waals surface area contributed by atoms with E-state index in [0.717, 1.165) is 44.1 Å². The highest BCUT2D eigenvalue weighted by Gasteiger charge is 2.71. The van der Waals surface area contributed by atoms with E-state index in [-0.39, 0.29) is 63.7 Å². The molecule has 0 radical (unpaired) electrons. The van der Waals surface area contributed by atoms with Gasteiger partial charge in [-0.15, -0.1) is 0 Å². The Morgan fingerprint density at radius 2 is 1.74 bits per heavy atom. The van der Waals surface area contributed by atoms with Crippen LogP contribution in [0.1, 0.15) is 86.5 Å². The van der Waals surface area contributed by atoms with Crippen LogP contribution in [0.2, 0.25) is 0 Å². The van der Waals surface area contributed by atoms with Crippen LogP contribution in [0.25, 0.3) is 0 Å². The molecule has 0 aromatic heterocycles. The zero-order chi connectivity index (χ0) is 28.1. The molecule has 0 aliphatic heterocycles. The van der Waals surface area contributed by atoms with Gasteiger partial charge in [0, 0.05) is 11.3 Å². The first kappa shape index (κ1) is 27.3. The molecule has 5 rings (SSSR count). The summed E-state index contributed by atoms with van der Waals surface area (Å²) in [7, 11) is 1.47. The Morgan fingerprint density at radius 1 is 1.08 bits per heavy atom. The number of hydrogen-bond acceptors (Lipinski definition) is 6. The molecule has 6 nitrogen and oxygen atoms in total. The van der Waals surface area contributed by atoms with Crippen molar-refractivity contribution in [1.29, 1.82) is 5.26 Å². The Kier molecular flexibility index (Phi) is 5.84. The molecule has 38 heavy (non-hydrogen) atoms. The second-order valence-electron chi connectivity index (χ2n) is 14.8. The fourth-order valence-corrected chi connectivity index (χ4v) is 10.2. The highest BCUT2D eigenvalue weighted by molar-refractivity contribution is 6.05. The van der Waals surface area contributed by atoms with Crippen LogP contribution in [-0.4, -0.2) is 36.4 Å². The summed E-state index contributed by atoms with van der Waals surface area (Å²) in [4.78, 5) is 41.0. The van der Waals surface area contributed by atoms with Crippen molar-refractivity contribution in [3.63, 3.8) is 0 Å². The lowest BCUT2D eigenvalue weighted by Gasteiger charge is -2.68. The van der Waals surface area contributed by atoms with Crippen molar-refractivity contribution in [1.82, 2.24) is 0 Å². The number of ether oxygens (including phenoxy) is 1. The van der Waals surface area contributed by atoms with Gasteiger partial charge in [-0.05, 0) is 86.0 Å². The number of rotatable bonds is 2. The van der Waals surface area contributed by atoms with Crippen LogP contribution < -0.4 is 0 Å². The highest BCUT2D eigenvalue weighted by Crippen LogP contribution is 2.74. The molecule has 0 heterocycles. The van der Waals surface area contributed by atoms with Crippen molar-refractivity contribution >= 4 is 17.5 Å². The molecule has 0 unspecified atom stereocenters. The number of esters is 1. The number of ketones is 2. The number of Topliss-reactive ketones (excluding diaryl/α,β-unsaturated/α-hetero) is 1. The number of aliphatic hydroxyl groups excluding tert-OH is 1. The lowest BCUT2D eigenvalue weighted by Crippen LogP contribution is -2.66. The molecule has 0 bridgehead atoms. The number of methoxy groups -OCH3 is 1. The van der Waals surface area contributed by atoms with Crippen LogP contribution >= 0.6 is 0 Å². The molecular formula is C32H43NO5. The first-order chi connectivity index (χ1) is 17.6. The van der Waals surface area contributed by atoms with Gasteiger partial charge in [0.05, 0.1) is 30.1 Å². The third kappa shape index (κ3) is 3.12. The summed E-state index contributed by atoms with van der Waals surface area (Å²) in [5.74, 6) is -1.00. The summed E-state index contributed by atoms with van der Waals surface area (Å²) < 4.78 is 5.39. The molecule has 3 saturated carbocycles. The van der Waals surface area contributed by atoms with Gasteiger partial charge in [0.2, 0.25) is 0 Å². The van der Waals surface area contributed by atoms with Gasteiger partial charge in [0.25, 0.3) is 0 Å². The molecule has 5 aliphatic carbocycles. The summed E-state index contributed by atoms with van der Waals surface area (Å²) >= 11 is 0.